The Morgan fingerprint density at radius 3 is 2.36 bits per heavy atom. The van der Waals surface area contributed by atoms with Gasteiger partial charge in [-0.25, -0.2) is 4.79 Å². The Kier molecular flexibility index (Phi) is 8.50. The molecule has 202 valence electrons. The number of aromatic nitrogens is 1. The molecule has 1 amide bonds. The molecule has 1 aliphatic rings. The third kappa shape index (κ3) is 6.20. The number of carbonyl (C=O) groups is 2. The molecule has 1 aromatic heterocycles. The Hall–Kier alpha value is -4.79. The molecular formula is C30H30N2O7. The Morgan fingerprint density at radius 2 is 1.74 bits per heavy atom. The highest BCUT2D eigenvalue weighted by atomic mass is 16.5. The second-order valence-corrected chi connectivity index (χ2v) is 8.82. The zero-order chi connectivity index (χ0) is 27.9. The van der Waals surface area contributed by atoms with Gasteiger partial charge in [-0.05, 0) is 82.3 Å². The van der Waals surface area contributed by atoms with Gasteiger partial charge in [0, 0.05) is 18.9 Å². The van der Waals surface area contributed by atoms with E-state index >= 15 is 0 Å². The van der Waals surface area contributed by atoms with Gasteiger partial charge in [-0.15, -0.1) is 0 Å². The normalized spacial score (nSPS) is 13.2. The summed E-state index contributed by atoms with van der Waals surface area (Å²) in [4.78, 5) is 28.1. The van der Waals surface area contributed by atoms with Crippen molar-refractivity contribution in [2.75, 3.05) is 27.9 Å². The van der Waals surface area contributed by atoms with E-state index < -0.39 is 12.6 Å². The van der Waals surface area contributed by atoms with Crippen molar-refractivity contribution >= 4 is 29.1 Å². The summed E-state index contributed by atoms with van der Waals surface area (Å²) < 4.78 is 21.8. The number of methoxy groups -OCH3 is 3. The largest absolute Gasteiger partial charge is 0.497 e. The minimum Gasteiger partial charge on any atom is -0.497 e. The van der Waals surface area contributed by atoms with Crippen LogP contribution in [0.15, 0.2) is 60.4 Å². The number of allylic oxidation sites excluding steroid dienone is 2. The van der Waals surface area contributed by atoms with Crippen LogP contribution < -0.4 is 24.3 Å². The van der Waals surface area contributed by atoms with Gasteiger partial charge in [0.1, 0.15) is 5.75 Å². The SMILES string of the molecule is COc1ccc2c(c1)C(CC(=O)NCc1cccnc1)=C(C)/C2=C/c1cc(OC)c(OCC(=O)O)c(OC)c1. The average Bonchev–Trinajstić information content (AvgIpc) is 3.20. The first kappa shape index (κ1) is 27.3. The van der Waals surface area contributed by atoms with Crippen LogP contribution in [0.25, 0.3) is 17.2 Å². The van der Waals surface area contributed by atoms with Crippen molar-refractivity contribution in [1.82, 2.24) is 10.3 Å². The summed E-state index contributed by atoms with van der Waals surface area (Å²) in [5, 5.41) is 12.0. The average molecular weight is 531 g/mol. The number of fused-ring (bicyclic) bond motifs is 1. The molecule has 0 aliphatic heterocycles. The van der Waals surface area contributed by atoms with E-state index in [0.717, 1.165) is 39.0 Å². The van der Waals surface area contributed by atoms with E-state index in [4.69, 9.17) is 24.1 Å². The fourth-order valence-electron chi connectivity index (χ4n) is 4.47. The summed E-state index contributed by atoms with van der Waals surface area (Å²) in [7, 11) is 4.56. The van der Waals surface area contributed by atoms with Gasteiger partial charge in [0.05, 0.1) is 27.8 Å². The van der Waals surface area contributed by atoms with E-state index in [2.05, 4.69) is 10.3 Å². The highest BCUT2D eigenvalue weighted by Gasteiger charge is 2.26. The predicted octanol–water partition coefficient (Wildman–Crippen LogP) is 4.61. The van der Waals surface area contributed by atoms with Gasteiger partial charge in [0.25, 0.3) is 0 Å². The Labute approximate surface area is 226 Å². The van der Waals surface area contributed by atoms with E-state index in [1.165, 1.54) is 14.2 Å². The van der Waals surface area contributed by atoms with Gasteiger partial charge in [0.15, 0.2) is 18.1 Å². The smallest absolute Gasteiger partial charge is 0.341 e. The topological polar surface area (TPSA) is 116 Å². The van der Waals surface area contributed by atoms with Gasteiger partial charge in [-0.2, -0.15) is 0 Å². The molecule has 2 aromatic carbocycles. The van der Waals surface area contributed by atoms with Crippen LogP contribution in [0, 0.1) is 0 Å². The molecule has 1 heterocycles. The fraction of sp³-hybridized carbons (Fsp3) is 0.233. The van der Waals surface area contributed by atoms with Crippen molar-refractivity contribution in [3.05, 3.63) is 82.7 Å². The molecule has 3 aromatic rings. The molecule has 39 heavy (non-hydrogen) atoms. The number of ether oxygens (including phenoxy) is 4. The zero-order valence-electron chi connectivity index (χ0n) is 22.2. The second kappa shape index (κ2) is 12.2. The Balaban J connectivity index is 1.70. The minimum atomic E-state index is -1.11. The Morgan fingerprint density at radius 1 is 1.00 bits per heavy atom. The maximum Gasteiger partial charge on any atom is 0.341 e. The summed E-state index contributed by atoms with van der Waals surface area (Å²) in [5.41, 5.74) is 6.36. The maximum atomic E-state index is 13.0. The first-order valence-electron chi connectivity index (χ1n) is 12.2. The monoisotopic (exact) mass is 530 g/mol. The molecular weight excluding hydrogens is 500 g/mol. The van der Waals surface area contributed by atoms with Crippen molar-refractivity contribution in [1.29, 1.82) is 0 Å². The number of amides is 1. The highest BCUT2D eigenvalue weighted by molar-refractivity contribution is 6.08. The number of aliphatic carboxylic acids is 1. The van der Waals surface area contributed by atoms with Gasteiger partial charge >= 0.3 is 5.97 Å². The van der Waals surface area contributed by atoms with Gasteiger partial charge < -0.3 is 29.4 Å². The van der Waals surface area contributed by atoms with Crippen LogP contribution in [0.1, 0.15) is 35.6 Å². The molecule has 0 fully saturated rings. The van der Waals surface area contributed by atoms with E-state index in [9.17, 15) is 9.59 Å². The molecule has 1 aliphatic carbocycles. The number of nitrogens with one attached hydrogen (secondary N) is 1. The van der Waals surface area contributed by atoms with Crippen molar-refractivity contribution in [2.24, 2.45) is 0 Å². The lowest BCUT2D eigenvalue weighted by Gasteiger charge is -2.15. The molecule has 0 unspecified atom stereocenters. The summed E-state index contributed by atoms with van der Waals surface area (Å²) >= 11 is 0. The highest BCUT2D eigenvalue weighted by Crippen LogP contribution is 2.46. The van der Waals surface area contributed by atoms with Crippen molar-refractivity contribution in [2.45, 2.75) is 19.9 Å². The number of hydrogen-bond donors (Lipinski definition) is 2. The second-order valence-electron chi connectivity index (χ2n) is 8.82. The fourth-order valence-corrected chi connectivity index (χ4v) is 4.47. The van der Waals surface area contributed by atoms with Crippen LogP contribution in [0.2, 0.25) is 0 Å². The van der Waals surface area contributed by atoms with E-state index in [1.807, 2.05) is 43.3 Å². The predicted molar refractivity (Wildman–Crippen MR) is 147 cm³/mol. The van der Waals surface area contributed by atoms with Crippen LogP contribution in [-0.4, -0.2) is 49.9 Å². The molecule has 0 bridgehead atoms. The molecule has 0 saturated carbocycles. The lowest BCUT2D eigenvalue weighted by Crippen LogP contribution is -2.22. The summed E-state index contributed by atoms with van der Waals surface area (Å²) in [5.74, 6) is 0.366. The number of carbonyl (C=O) groups excluding carboxylic acids is 1. The van der Waals surface area contributed by atoms with Crippen LogP contribution in [-0.2, 0) is 16.1 Å². The number of carboxylic acid groups (broad SMARTS) is 1. The van der Waals surface area contributed by atoms with Crippen LogP contribution >= 0.6 is 0 Å². The van der Waals surface area contributed by atoms with Gasteiger partial charge in [-0.1, -0.05) is 12.1 Å². The van der Waals surface area contributed by atoms with Gasteiger partial charge in [-0.3, -0.25) is 9.78 Å². The molecule has 2 N–H and O–H groups in total. The maximum absolute atomic E-state index is 13.0. The summed E-state index contributed by atoms with van der Waals surface area (Å²) in [6, 6.07) is 13.0. The standard InChI is InChI=1S/C30H30N2O7/c1-18-23(10-20-11-26(37-3)30(27(12-20)38-4)39-17-29(34)35)22-8-7-21(36-2)13-25(22)24(18)14-28(33)32-16-19-6-5-9-31-15-19/h5-13,15H,14,16-17H2,1-4H3,(H,32,33)(H,34,35)/b23-10-. The number of hydrogen-bond acceptors (Lipinski definition) is 7. The third-order valence-electron chi connectivity index (χ3n) is 6.38. The summed E-state index contributed by atoms with van der Waals surface area (Å²) in [6.45, 7) is 1.85. The third-order valence-corrected chi connectivity index (χ3v) is 6.38. The first-order valence-corrected chi connectivity index (χ1v) is 12.2. The van der Waals surface area contributed by atoms with Crippen molar-refractivity contribution in [3.8, 4) is 23.0 Å². The molecule has 9 nitrogen and oxygen atoms in total. The molecule has 0 spiro atoms. The van der Waals surface area contributed by atoms with Crippen LogP contribution in [0.3, 0.4) is 0 Å². The van der Waals surface area contributed by atoms with Crippen molar-refractivity contribution in [3.63, 3.8) is 0 Å². The first-order chi connectivity index (χ1) is 18.8. The van der Waals surface area contributed by atoms with E-state index in [-0.39, 0.29) is 18.1 Å². The number of nitrogens with zero attached hydrogens (tertiary/aromatic N) is 1. The molecule has 4 rings (SSSR count). The van der Waals surface area contributed by atoms with Crippen LogP contribution in [0.5, 0.6) is 23.0 Å². The molecule has 0 radical (unpaired) electrons. The number of pyridine rings is 1. The van der Waals surface area contributed by atoms with E-state index in [0.29, 0.717) is 23.8 Å². The summed E-state index contributed by atoms with van der Waals surface area (Å²) in [6.07, 6.45) is 5.59. The Bertz CT molecular complexity index is 1420. The lowest BCUT2D eigenvalue weighted by molar-refractivity contribution is -0.139. The van der Waals surface area contributed by atoms with Crippen LogP contribution in [0.4, 0.5) is 0 Å². The van der Waals surface area contributed by atoms with Gasteiger partial charge in [0.2, 0.25) is 11.7 Å². The van der Waals surface area contributed by atoms with E-state index in [1.54, 1.807) is 31.6 Å². The molecule has 9 heteroatoms. The zero-order valence-corrected chi connectivity index (χ0v) is 22.2. The van der Waals surface area contributed by atoms with Crippen molar-refractivity contribution < 1.29 is 33.6 Å². The lowest BCUT2D eigenvalue weighted by atomic mass is 10.00. The number of carboxylic acids is 1. The molecule has 0 saturated heterocycles. The molecule has 0 atom stereocenters. The quantitative estimate of drug-likeness (QED) is 0.369. The number of rotatable bonds is 11. The minimum absolute atomic E-state index is 0.105. The number of benzene rings is 2.